The van der Waals surface area contributed by atoms with E-state index in [0.717, 1.165) is 0 Å². The van der Waals surface area contributed by atoms with Gasteiger partial charge < -0.3 is 14.4 Å². The van der Waals surface area contributed by atoms with Gasteiger partial charge in [0.15, 0.2) is 5.76 Å². The molecule has 2 aliphatic heterocycles. The number of hydrogen-bond donors (Lipinski definition) is 0. The summed E-state index contributed by atoms with van der Waals surface area (Å²) in [6.45, 7) is 0. The molecular formula is C4H2NO3S-. The van der Waals surface area contributed by atoms with Gasteiger partial charge in [-0.3, -0.25) is 0 Å². The Kier molecular flexibility index (Phi) is 0.762. The summed E-state index contributed by atoms with van der Waals surface area (Å²) in [6, 6.07) is 0. The Morgan fingerprint density at radius 2 is 2.56 bits per heavy atom. The van der Waals surface area contributed by atoms with E-state index in [0.29, 0.717) is 10.2 Å². The molecule has 4 nitrogen and oxygen atoms in total. The molecular weight excluding hydrogens is 142 g/mol. The van der Waals surface area contributed by atoms with Crippen molar-refractivity contribution in [2.75, 3.05) is 0 Å². The van der Waals surface area contributed by atoms with Crippen molar-refractivity contribution in [1.29, 1.82) is 0 Å². The Morgan fingerprint density at radius 3 is 3.22 bits per heavy atom. The van der Waals surface area contributed by atoms with E-state index in [2.05, 4.69) is 4.74 Å². The average molecular weight is 144 g/mol. The van der Waals surface area contributed by atoms with Gasteiger partial charge in [0, 0.05) is 5.41 Å². The summed E-state index contributed by atoms with van der Waals surface area (Å²) in [4.78, 5) is 0. The van der Waals surface area contributed by atoms with E-state index in [4.69, 9.17) is 0 Å². The maximum Gasteiger partial charge on any atom is 0.241 e. The molecule has 1 unspecified atom stereocenters. The summed E-state index contributed by atoms with van der Waals surface area (Å²) in [6.07, 6.45) is 1.53. The van der Waals surface area contributed by atoms with E-state index in [1.165, 1.54) is 11.5 Å². The van der Waals surface area contributed by atoms with E-state index in [1.54, 1.807) is 0 Å². The molecule has 0 aliphatic carbocycles. The second kappa shape index (κ2) is 1.37. The molecule has 0 aromatic carbocycles. The van der Waals surface area contributed by atoms with Crippen LogP contribution in [0.5, 0.6) is 0 Å². The minimum absolute atomic E-state index is 0.191. The monoisotopic (exact) mass is 144 g/mol. The van der Waals surface area contributed by atoms with E-state index < -0.39 is 11.0 Å². The average Bonchev–Trinajstić information content (AvgIpc) is 2.58. The Balaban J connectivity index is 2.36. The van der Waals surface area contributed by atoms with Crippen LogP contribution in [0.2, 0.25) is 0 Å². The van der Waals surface area contributed by atoms with Crippen LogP contribution >= 0.6 is 0 Å². The van der Waals surface area contributed by atoms with Gasteiger partial charge in [0.05, 0.1) is 0 Å². The van der Waals surface area contributed by atoms with Crippen molar-refractivity contribution in [2.45, 2.75) is 0 Å². The van der Waals surface area contributed by atoms with Crippen LogP contribution in [-0.4, -0.2) is 8.68 Å². The molecule has 0 aromatic heterocycles. The maximum atomic E-state index is 10.6. The molecule has 2 heterocycles. The zero-order valence-electron chi connectivity index (χ0n) is 4.23. The maximum absolute atomic E-state index is 10.6. The van der Waals surface area contributed by atoms with Gasteiger partial charge >= 0.3 is 0 Å². The van der Waals surface area contributed by atoms with Gasteiger partial charge in [0.25, 0.3) is 0 Å². The number of allylic oxidation sites excluding steroid dienone is 1. The van der Waals surface area contributed by atoms with Gasteiger partial charge in [0.1, 0.15) is 11.0 Å². The second-order valence-electron chi connectivity index (χ2n) is 1.61. The van der Waals surface area contributed by atoms with Crippen molar-refractivity contribution in [1.82, 2.24) is 4.47 Å². The van der Waals surface area contributed by atoms with Crippen LogP contribution in [-0.2, 0) is 15.7 Å². The number of hydroxylamine groups is 1. The molecule has 9 heavy (non-hydrogen) atoms. The molecule has 2 aliphatic rings. The lowest BCUT2D eigenvalue weighted by atomic mass is 10.6. The summed E-state index contributed by atoms with van der Waals surface area (Å²) in [5.41, 5.74) is 0. The van der Waals surface area contributed by atoms with Crippen LogP contribution in [0.25, 0.3) is 0 Å². The number of hydrogen-bond acceptors (Lipinski definition) is 3. The third-order valence-corrected chi connectivity index (χ3v) is 1.90. The fourth-order valence-electron chi connectivity index (χ4n) is 0.568. The summed E-state index contributed by atoms with van der Waals surface area (Å²) in [5, 5.41) is 11.8. The van der Waals surface area contributed by atoms with Crippen molar-refractivity contribution in [2.24, 2.45) is 0 Å². The van der Waals surface area contributed by atoms with Crippen LogP contribution < -0.4 is 0 Å². The number of nitrogens with zero attached hydrogens (tertiary/aromatic N) is 1. The first-order chi connectivity index (χ1) is 4.29. The van der Waals surface area contributed by atoms with E-state index in [9.17, 15) is 9.42 Å². The van der Waals surface area contributed by atoms with Gasteiger partial charge in [0.2, 0.25) is 5.88 Å². The molecule has 5 heteroatoms. The topological polar surface area (TPSA) is 55.9 Å². The minimum atomic E-state index is -1.56. The second-order valence-corrected chi connectivity index (χ2v) is 2.76. The quantitative estimate of drug-likeness (QED) is 0.487. The first kappa shape index (κ1) is 5.01. The Hall–Kier alpha value is -0.810. The molecule has 0 fully saturated rings. The van der Waals surface area contributed by atoms with E-state index in [-0.39, 0.29) is 5.88 Å². The van der Waals surface area contributed by atoms with Crippen molar-refractivity contribution >= 4 is 11.0 Å². The Bertz CT molecular complexity index is 244. The zero-order valence-corrected chi connectivity index (χ0v) is 5.05. The van der Waals surface area contributed by atoms with Crippen LogP contribution in [0.15, 0.2) is 23.1 Å². The lowest BCUT2D eigenvalue weighted by molar-refractivity contribution is 0.418. The minimum Gasteiger partial charge on any atom is -0.744 e. The predicted octanol–water partition coefficient (Wildman–Crippen LogP) is 0.176. The molecule has 0 spiro atoms. The number of rotatable bonds is 0. The fraction of sp³-hybridized carbons (Fsp3) is 0. The van der Waals surface area contributed by atoms with Gasteiger partial charge in [-0.05, 0) is 6.08 Å². The molecule has 1 atom stereocenters. The molecule has 0 radical (unpaired) electrons. The molecule has 48 valence electrons. The molecule has 0 saturated heterocycles. The van der Waals surface area contributed by atoms with Gasteiger partial charge in [-0.25, -0.2) is 4.21 Å². The van der Waals surface area contributed by atoms with Gasteiger partial charge in [-0.2, -0.15) is 0 Å². The van der Waals surface area contributed by atoms with Crippen LogP contribution in [0.1, 0.15) is 0 Å². The highest BCUT2D eigenvalue weighted by atomic mass is 32.2. The van der Waals surface area contributed by atoms with Crippen LogP contribution in [0.3, 0.4) is 0 Å². The molecule has 0 amide bonds. The number of ether oxygens (including phenoxy) is 1. The van der Waals surface area contributed by atoms with Gasteiger partial charge in [-0.1, -0.05) is 0 Å². The van der Waals surface area contributed by atoms with E-state index in [1.807, 2.05) is 0 Å². The smallest absolute Gasteiger partial charge is 0.241 e. The summed E-state index contributed by atoms with van der Waals surface area (Å²) >= 11 is 0. The summed E-state index contributed by atoms with van der Waals surface area (Å²) in [7, 11) is -1.56. The lowest BCUT2D eigenvalue weighted by Gasteiger charge is -2.20. The highest BCUT2D eigenvalue weighted by Gasteiger charge is 2.29. The van der Waals surface area contributed by atoms with Crippen molar-refractivity contribution < 1.29 is 8.95 Å². The third kappa shape index (κ3) is 0.585. The molecule has 2 rings (SSSR count). The lowest BCUT2D eigenvalue weighted by Crippen LogP contribution is -2.12. The first-order valence-corrected chi connectivity index (χ1v) is 3.44. The molecule has 0 saturated carbocycles. The largest absolute Gasteiger partial charge is 0.744 e. The first-order valence-electron chi connectivity index (χ1n) is 2.27. The van der Waals surface area contributed by atoms with Gasteiger partial charge in [-0.15, -0.1) is 0 Å². The van der Waals surface area contributed by atoms with E-state index >= 15 is 0 Å². The van der Waals surface area contributed by atoms with Crippen molar-refractivity contribution in [3.05, 3.63) is 28.3 Å². The Labute approximate surface area is 53.6 Å². The summed E-state index contributed by atoms with van der Waals surface area (Å²) < 4.78 is 15.5. The van der Waals surface area contributed by atoms with Crippen molar-refractivity contribution in [3.63, 3.8) is 0 Å². The normalized spacial score (nSPS) is 29.9. The zero-order chi connectivity index (χ0) is 6.43. The molecule has 0 aromatic rings. The van der Waals surface area contributed by atoms with Crippen LogP contribution in [0, 0.1) is 5.21 Å². The summed E-state index contributed by atoms with van der Waals surface area (Å²) in [5.74, 6) is 0.723. The predicted molar refractivity (Wildman–Crippen MR) is 30.6 cm³/mol. The fourth-order valence-corrected chi connectivity index (χ4v) is 1.21. The SMILES string of the molecule is O=S1C=CC2=C(O2)N1[O-]. The van der Waals surface area contributed by atoms with Crippen molar-refractivity contribution in [3.8, 4) is 0 Å². The Morgan fingerprint density at radius 1 is 1.78 bits per heavy atom. The standard InChI is InChI=1S/C4H2NO3S/c6-5-4-3(8-4)1-2-9(5)7/h1-2H/q-1. The molecule has 0 bridgehead atoms. The van der Waals surface area contributed by atoms with Crippen LogP contribution in [0.4, 0.5) is 0 Å². The third-order valence-electron chi connectivity index (χ3n) is 1.04. The highest BCUT2D eigenvalue weighted by Crippen LogP contribution is 2.34. The molecule has 0 N–H and O–H groups in total. The highest BCUT2D eigenvalue weighted by molar-refractivity contribution is 7.85.